The normalized spacial score (nSPS) is 10.9. The standard InChI is InChI=1S/C14H18BrN3/c1-9-4-5-10(2)11(8-9)14-13(15)12(17-18-14)6-7-16-3/h4-5,8,16H,6-7H2,1-3H3,(H,17,18). The molecular formula is C14H18BrN3. The Labute approximate surface area is 116 Å². The number of hydrogen-bond acceptors (Lipinski definition) is 2. The first kappa shape index (κ1) is 13.3. The van der Waals surface area contributed by atoms with Crippen LogP contribution in [0.1, 0.15) is 16.8 Å². The second kappa shape index (κ2) is 5.67. The van der Waals surface area contributed by atoms with Crippen LogP contribution in [0.15, 0.2) is 22.7 Å². The molecule has 1 aromatic heterocycles. The largest absolute Gasteiger partial charge is 0.319 e. The average molecular weight is 308 g/mol. The summed E-state index contributed by atoms with van der Waals surface area (Å²) in [5, 5.41) is 10.7. The molecule has 18 heavy (non-hydrogen) atoms. The van der Waals surface area contributed by atoms with Gasteiger partial charge in [0.25, 0.3) is 0 Å². The van der Waals surface area contributed by atoms with E-state index >= 15 is 0 Å². The monoisotopic (exact) mass is 307 g/mol. The van der Waals surface area contributed by atoms with Crippen LogP contribution in [0.3, 0.4) is 0 Å². The lowest BCUT2D eigenvalue weighted by Gasteiger charge is -2.05. The zero-order valence-electron chi connectivity index (χ0n) is 11.0. The number of likely N-dealkylation sites (N-methyl/N-ethyl adjacent to an activating group) is 1. The minimum atomic E-state index is 0.938. The van der Waals surface area contributed by atoms with Gasteiger partial charge in [0.05, 0.1) is 10.2 Å². The highest BCUT2D eigenvalue weighted by molar-refractivity contribution is 9.10. The van der Waals surface area contributed by atoms with Crippen molar-refractivity contribution in [3.8, 4) is 11.3 Å². The minimum absolute atomic E-state index is 0.938. The number of aromatic amines is 1. The van der Waals surface area contributed by atoms with Crippen LogP contribution in [-0.4, -0.2) is 23.8 Å². The Morgan fingerprint density at radius 2 is 2.11 bits per heavy atom. The quantitative estimate of drug-likeness (QED) is 0.910. The van der Waals surface area contributed by atoms with E-state index in [4.69, 9.17) is 0 Å². The molecule has 1 heterocycles. The number of hydrogen-bond donors (Lipinski definition) is 2. The predicted molar refractivity (Wildman–Crippen MR) is 78.8 cm³/mol. The van der Waals surface area contributed by atoms with Crippen LogP contribution >= 0.6 is 15.9 Å². The fraction of sp³-hybridized carbons (Fsp3) is 0.357. The molecule has 3 nitrogen and oxygen atoms in total. The van der Waals surface area contributed by atoms with Crippen LogP contribution in [0.5, 0.6) is 0 Å². The first-order valence-corrected chi connectivity index (χ1v) is 6.87. The third-order valence-corrected chi connectivity index (χ3v) is 3.90. The molecule has 2 N–H and O–H groups in total. The van der Waals surface area contributed by atoms with E-state index in [2.05, 4.69) is 63.5 Å². The smallest absolute Gasteiger partial charge is 0.107 e. The molecule has 2 aromatic rings. The molecule has 4 heteroatoms. The van der Waals surface area contributed by atoms with Crippen molar-refractivity contribution in [1.82, 2.24) is 15.5 Å². The molecular weight excluding hydrogens is 290 g/mol. The van der Waals surface area contributed by atoms with Crippen LogP contribution < -0.4 is 5.32 Å². The van der Waals surface area contributed by atoms with Gasteiger partial charge in [0.2, 0.25) is 0 Å². The maximum Gasteiger partial charge on any atom is 0.107 e. The zero-order valence-corrected chi connectivity index (χ0v) is 12.6. The summed E-state index contributed by atoms with van der Waals surface area (Å²) >= 11 is 3.66. The predicted octanol–water partition coefficient (Wildman–Crippen LogP) is 3.22. The van der Waals surface area contributed by atoms with Crippen LogP contribution in [0.4, 0.5) is 0 Å². The molecule has 0 atom stereocenters. The minimum Gasteiger partial charge on any atom is -0.319 e. The number of H-pyrrole nitrogens is 1. The number of nitrogens with one attached hydrogen (secondary N) is 2. The van der Waals surface area contributed by atoms with Crippen LogP contribution in [0.2, 0.25) is 0 Å². The maximum absolute atomic E-state index is 4.44. The van der Waals surface area contributed by atoms with E-state index in [0.29, 0.717) is 0 Å². The number of rotatable bonds is 4. The number of benzene rings is 1. The van der Waals surface area contributed by atoms with Gasteiger partial charge in [0.1, 0.15) is 5.69 Å². The van der Waals surface area contributed by atoms with Crippen LogP contribution in [0, 0.1) is 13.8 Å². The summed E-state index contributed by atoms with van der Waals surface area (Å²) < 4.78 is 1.08. The lowest BCUT2D eigenvalue weighted by Crippen LogP contribution is -2.10. The highest BCUT2D eigenvalue weighted by Crippen LogP contribution is 2.31. The van der Waals surface area contributed by atoms with E-state index in [1.165, 1.54) is 16.7 Å². The molecule has 0 saturated carbocycles. The number of aryl methyl sites for hydroxylation is 2. The van der Waals surface area contributed by atoms with E-state index in [1.54, 1.807) is 0 Å². The summed E-state index contributed by atoms with van der Waals surface area (Å²) in [7, 11) is 1.95. The van der Waals surface area contributed by atoms with Gasteiger partial charge in [-0.2, -0.15) is 5.10 Å². The van der Waals surface area contributed by atoms with Crippen molar-refractivity contribution in [1.29, 1.82) is 0 Å². The van der Waals surface area contributed by atoms with Crippen molar-refractivity contribution >= 4 is 15.9 Å². The summed E-state index contributed by atoms with van der Waals surface area (Å²) in [4.78, 5) is 0. The summed E-state index contributed by atoms with van der Waals surface area (Å²) in [5.41, 5.74) is 5.83. The molecule has 0 aliphatic rings. The van der Waals surface area contributed by atoms with E-state index in [-0.39, 0.29) is 0 Å². The molecule has 0 aliphatic heterocycles. The van der Waals surface area contributed by atoms with Gasteiger partial charge in [0.15, 0.2) is 0 Å². The van der Waals surface area contributed by atoms with E-state index in [9.17, 15) is 0 Å². The molecule has 0 aliphatic carbocycles. The third kappa shape index (κ3) is 2.65. The Hall–Kier alpha value is -1.13. The molecule has 1 aromatic carbocycles. The Kier molecular flexibility index (Phi) is 4.19. The molecule has 0 spiro atoms. The second-order valence-corrected chi connectivity index (χ2v) is 5.33. The second-order valence-electron chi connectivity index (χ2n) is 4.54. The lowest BCUT2D eigenvalue weighted by molar-refractivity contribution is 0.770. The van der Waals surface area contributed by atoms with E-state index < -0.39 is 0 Å². The topological polar surface area (TPSA) is 40.7 Å². The van der Waals surface area contributed by atoms with Gasteiger partial charge in [-0.1, -0.05) is 17.7 Å². The third-order valence-electron chi connectivity index (χ3n) is 3.05. The van der Waals surface area contributed by atoms with Crippen molar-refractivity contribution in [2.24, 2.45) is 0 Å². The Balaban J connectivity index is 2.39. The van der Waals surface area contributed by atoms with Crippen molar-refractivity contribution in [2.75, 3.05) is 13.6 Å². The van der Waals surface area contributed by atoms with Crippen LogP contribution in [-0.2, 0) is 6.42 Å². The van der Waals surface area contributed by atoms with Gasteiger partial charge in [-0.3, -0.25) is 5.10 Å². The molecule has 0 radical (unpaired) electrons. The molecule has 0 unspecified atom stereocenters. The molecule has 0 amide bonds. The van der Waals surface area contributed by atoms with E-state index in [1.807, 2.05) is 7.05 Å². The van der Waals surface area contributed by atoms with Gasteiger partial charge in [0, 0.05) is 18.5 Å². The van der Waals surface area contributed by atoms with Gasteiger partial charge >= 0.3 is 0 Å². The summed E-state index contributed by atoms with van der Waals surface area (Å²) in [6.07, 6.45) is 0.939. The van der Waals surface area contributed by atoms with Crippen molar-refractivity contribution in [3.63, 3.8) is 0 Å². The van der Waals surface area contributed by atoms with Crippen LogP contribution in [0.25, 0.3) is 11.3 Å². The molecule has 2 rings (SSSR count). The SMILES string of the molecule is CNCCc1[nH]nc(-c2cc(C)ccc2C)c1Br. The first-order chi connectivity index (χ1) is 8.63. The van der Waals surface area contributed by atoms with Crippen molar-refractivity contribution in [2.45, 2.75) is 20.3 Å². The maximum atomic E-state index is 4.44. The fourth-order valence-corrected chi connectivity index (χ4v) is 2.54. The van der Waals surface area contributed by atoms with Gasteiger partial charge in [-0.05, 0) is 48.5 Å². The highest BCUT2D eigenvalue weighted by atomic mass is 79.9. The Bertz CT molecular complexity index is 546. The Morgan fingerprint density at radius 1 is 1.33 bits per heavy atom. The van der Waals surface area contributed by atoms with Gasteiger partial charge in [-0.15, -0.1) is 0 Å². The highest BCUT2D eigenvalue weighted by Gasteiger charge is 2.13. The summed E-state index contributed by atoms with van der Waals surface area (Å²) in [6.45, 7) is 5.15. The van der Waals surface area contributed by atoms with Crippen molar-refractivity contribution < 1.29 is 0 Å². The summed E-state index contributed by atoms with van der Waals surface area (Å²) in [6, 6.07) is 6.44. The first-order valence-electron chi connectivity index (χ1n) is 6.08. The zero-order chi connectivity index (χ0) is 13.1. The van der Waals surface area contributed by atoms with E-state index in [0.717, 1.165) is 28.8 Å². The lowest BCUT2D eigenvalue weighted by atomic mass is 10.0. The number of aromatic nitrogens is 2. The van der Waals surface area contributed by atoms with Crippen molar-refractivity contribution in [3.05, 3.63) is 39.5 Å². The number of halogens is 1. The Morgan fingerprint density at radius 3 is 2.83 bits per heavy atom. The molecule has 0 bridgehead atoms. The summed E-state index contributed by atoms with van der Waals surface area (Å²) in [5.74, 6) is 0. The van der Waals surface area contributed by atoms with Gasteiger partial charge in [-0.25, -0.2) is 0 Å². The number of nitrogens with zero attached hydrogens (tertiary/aromatic N) is 1. The fourth-order valence-electron chi connectivity index (χ4n) is 1.95. The molecule has 0 saturated heterocycles. The average Bonchev–Trinajstić information content (AvgIpc) is 2.71. The molecule has 0 fully saturated rings. The van der Waals surface area contributed by atoms with Gasteiger partial charge < -0.3 is 5.32 Å². The molecule has 96 valence electrons.